The van der Waals surface area contributed by atoms with Crippen LogP contribution in [0, 0.1) is 16.2 Å². The molecule has 1 amide bonds. The van der Waals surface area contributed by atoms with Gasteiger partial charge in [-0.3, -0.25) is 4.79 Å². The third kappa shape index (κ3) is 4.60. The van der Waals surface area contributed by atoms with Gasteiger partial charge in [0.2, 0.25) is 5.91 Å². The van der Waals surface area contributed by atoms with Crippen LogP contribution in [0.4, 0.5) is 17.1 Å². The molecule has 2 unspecified atom stereocenters. The predicted molar refractivity (Wildman–Crippen MR) is 150 cm³/mol. The molecule has 8 heteroatoms. The number of benzene rings is 3. The third-order valence-corrected chi connectivity index (χ3v) is 8.90. The highest BCUT2D eigenvalue weighted by Crippen LogP contribution is 2.71. The van der Waals surface area contributed by atoms with Crippen molar-refractivity contribution in [3.05, 3.63) is 84.4 Å². The lowest BCUT2D eigenvalue weighted by Crippen LogP contribution is -2.43. The Morgan fingerprint density at radius 3 is 2.10 bits per heavy atom. The molecule has 200 valence electrons. The first-order chi connectivity index (χ1) is 18.7. The predicted octanol–water partition coefficient (Wildman–Crippen LogP) is 7.48. The maximum atomic E-state index is 13.8. The second-order valence-electron chi connectivity index (χ2n) is 10.9. The molecule has 0 heterocycles. The van der Waals surface area contributed by atoms with E-state index in [-0.39, 0.29) is 16.7 Å². The molecule has 0 aromatic heterocycles. The van der Waals surface area contributed by atoms with Gasteiger partial charge in [0.25, 0.3) is 0 Å². The number of fused-ring (bicyclic) bond motifs is 2. The smallest absolute Gasteiger partial charge is 0.365 e. The molecular formula is C31H32N4O4. The molecule has 3 aromatic rings. The van der Waals surface area contributed by atoms with E-state index in [1.54, 1.807) is 31.4 Å². The summed E-state index contributed by atoms with van der Waals surface area (Å²) in [5.41, 5.74) is 1.85. The molecule has 2 aliphatic rings. The van der Waals surface area contributed by atoms with Gasteiger partial charge in [0.05, 0.1) is 35.2 Å². The number of nitrogens with one attached hydrogen (secondary N) is 1. The van der Waals surface area contributed by atoms with Gasteiger partial charge < -0.3 is 14.9 Å². The van der Waals surface area contributed by atoms with Crippen molar-refractivity contribution >= 4 is 34.7 Å². The summed E-state index contributed by atoms with van der Waals surface area (Å²) in [6.45, 7) is 6.34. The quantitative estimate of drug-likeness (QED) is 0.197. The summed E-state index contributed by atoms with van der Waals surface area (Å²) in [4.78, 5) is 31.8. The van der Waals surface area contributed by atoms with Gasteiger partial charge in [-0.2, -0.15) is 10.2 Å². The van der Waals surface area contributed by atoms with Crippen LogP contribution >= 0.6 is 0 Å². The lowest BCUT2D eigenvalue weighted by atomic mass is 9.64. The number of azo groups is 1. The van der Waals surface area contributed by atoms with Gasteiger partial charge in [0, 0.05) is 17.5 Å². The maximum Gasteiger partial charge on any atom is 0.365 e. The average Bonchev–Trinajstić information content (AvgIpc) is 3.27. The number of rotatable bonds is 7. The summed E-state index contributed by atoms with van der Waals surface area (Å²) in [7, 11) is 1.57. The molecule has 0 saturated heterocycles. The number of oxime groups is 1. The molecule has 39 heavy (non-hydrogen) atoms. The first-order valence-electron chi connectivity index (χ1n) is 13.0. The van der Waals surface area contributed by atoms with E-state index in [2.05, 4.69) is 41.5 Å². The molecule has 0 radical (unpaired) electrons. The van der Waals surface area contributed by atoms with Gasteiger partial charge in [-0.25, -0.2) is 4.79 Å². The summed E-state index contributed by atoms with van der Waals surface area (Å²) in [5, 5.41) is 15.9. The monoisotopic (exact) mass is 524 g/mol. The highest BCUT2D eigenvalue weighted by atomic mass is 16.7. The summed E-state index contributed by atoms with van der Waals surface area (Å²) >= 11 is 0. The Morgan fingerprint density at radius 2 is 1.46 bits per heavy atom. The molecular weight excluding hydrogens is 492 g/mol. The number of nitrogens with zero attached hydrogens (tertiary/aromatic N) is 3. The van der Waals surface area contributed by atoms with Crippen molar-refractivity contribution in [3.63, 3.8) is 0 Å². The molecule has 5 rings (SSSR count). The Hall–Kier alpha value is -4.33. The standard InChI is InChI=1S/C31H32N4O4/c1-29(2)30(3)18-19-31(29,20-26(30)35-39-27(36)21-10-16-25(38-4)17-11-21)28(37)32-22-12-14-24(15-13-22)34-33-23-8-6-5-7-9-23/h5-17H,18-20H2,1-4H3,(H,32,37)/b34-33?,35-26+. The van der Waals surface area contributed by atoms with Gasteiger partial charge in [-0.05, 0) is 78.9 Å². The Morgan fingerprint density at radius 1 is 0.821 bits per heavy atom. The molecule has 3 aromatic carbocycles. The van der Waals surface area contributed by atoms with E-state index in [0.717, 1.165) is 24.2 Å². The van der Waals surface area contributed by atoms with Crippen LogP contribution in [-0.2, 0) is 9.63 Å². The summed E-state index contributed by atoms with van der Waals surface area (Å²) in [6.07, 6.45) is 1.95. The topological polar surface area (TPSA) is 102 Å². The number of carbonyl (C=O) groups is 2. The van der Waals surface area contributed by atoms with E-state index in [0.29, 0.717) is 29.1 Å². The lowest BCUT2D eigenvalue weighted by molar-refractivity contribution is -0.130. The summed E-state index contributed by atoms with van der Waals surface area (Å²) < 4.78 is 5.14. The van der Waals surface area contributed by atoms with E-state index in [1.165, 1.54) is 0 Å². The van der Waals surface area contributed by atoms with Crippen molar-refractivity contribution < 1.29 is 19.2 Å². The zero-order chi connectivity index (χ0) is 27.7. The van der Waals surface area contributed by atoms with E-state index < -0.39 is 11.4 Å². The highest BCUT2D eigenvalue weighted by molar-refractivity contribution is 6.06. The van der Waals surface area contributed by atoms with Gasteiger partial charge in [0.1, 0.15) is 5.75 Å². The van der Waals surface area contributed by atoms with Crippen LogP contribution in [-0.4, -0.2) is 24.7 Å². The van der Waals surface area contributed by atoms with Crippen LogP contribution in [0.25, 0.3) is 0 Å². The van der Waals surface area contributed by atoms with Gasteiger partial charge in [0.15, 0.2) is 0 Å². The van der Waals surface area contributed by atoms with E-state index in [4.69, 9.17) is 9.57 Å². The van der Waals surface area contributed by atoms with Crippen LogP contribution in [0.1, 0.15) is 50.4 Å². The number of carbonyl (C=O) groups excluding carboxylic acids is 2. The Bertz CT molecular complexity index is 1430. The Kier molecular flexibility index (Phi) is 6.80. The Labute approximate surface area is 228 Å². The van der Waals surface area contributed by atoms with Crippen LogP contribution in [0.5, 0.6) is 5.75 Å². The number of anilines is 1. The van der Waals surface area contributed by atoms with Crippen molar-refractivity contribution in [2.45, 2.75) is 40.0 Å². The molecule has 2 aliphatic carbocycles. The largest absolute Gasteiger partial charge is 0.497 e. The third-order valence-electron chi connectivity index (χ3n) is 8.90. The van der Waals surface area contributed by atoms with Crippen LogP contribution in [0.2, 0.25) is 0 Å². The van der Waals surface area contributed by atoms with Crippen LogP contribution < -0.4 is 10.1 Å². The summed E-state index contributed by atoms with van der Waals surface area (Å²) in [5.74, 6) is 0.0540. The number of amides is 1. The first-order valence-corrected chi connectivity index (χ1v) is 13.0. The van der Waals surface area contributed by atoms with Gasteiger partial charge >= 0.3 is 5.97 Å². The number of hydrogen-bond donors (Lipinski definition) is 1. The van der Waals surface area contributed by atoms with Crippen molar-refractivity contribution in [1.29, 1.82) is 0 Å². The molecule has 1 N–H and O–H groups in total. The van der Waals surface area contributed by atoms with Crippen LogP contribution in [0.15, 0.2) is 94.2 Å². The number of ether oxygens (including phenoxy) is 1. The molecule has 2 bridgehead atoms. The van der Waals surface area contributed by atoms with E-state index in [1.807, 2.05) is 54.6 Å². The van der Waals surface area contributed by atoms with Crippen molar-refractivity contribution in [3.8, 4) is 5.75 Å². The van der Waals surface area contributed by atoms with E-state index >= 15 is 0 Å². The number of methoxy groups -OCH3 is 1. The normalized spacial score (nSPS) is 24.2. The number of hydrogen-bond acceptors (Lipinski definition) is 7. The molecule has 2 atom stereocenters. The molecule has 0 spiro atoms. The lowest BCUT2D eigenvalue weighted by Gasteiger charge is -2.39. The minimum atomic E-state index is -0.668. The zero-order valence-electron chi connectivity index (χ0n) is 22.6. The van der Waals surface area contributed by atoms with Crippen LogP contribution in [0.3, 0.4) is 0 Å². The van der Waals surface area contributed by atoms with Gasteiger partial charge in [-0.15, -0.1) is 0 Å². The second kappa shape index (κ2) is 10.1. The van der Waals surface area contributed by atoms with Crippen molar-refractivity contribution in [2.75, 3.05) is 12.4 Å². The SMILES string of the molecule is COc1ccc(C(=O)O/N=C2\CC3(C(=O)Nc4ccc(N=Nc5ccccc5)cc4)CCC2(C)C3(C)C)cc1. The molecule has 8 nitrogen and oxygen atoms in total. The van der Waals surface area contributed by atoms with E-state index in [9.17, 15) is 9.59 Å². The molecule has 2 fully saturated rings. The summed E-state index contributed by atoms with van der Waals surface area (Å²) in [6, 6.07) is 23.5. The van der Waals surface area contributed by atoms with Crippen molar-refractivity contribution in [1.82, 2.24) is 0 Å². The zero-order valence-corrected chi connectivity index (χ0v) is 22.6. The fourth-order valence-corrected chi connectivity index (χ4v) is 5.87. The Balaban J connectivity index is 1.29. The second-order valence-corrected chi connectivity index (χ2v) is 10.9. The molecule has 0 aliphatic heterocycles. The first kappa shape index (κ1) is 26.3. The fourth-order valence-electron chi connectivity index (χ4n) is 5.87. The minimum absolute atomic E-state index is 0.0541. The minimum Gasteiger partial charge on any atom is -0.497 e. The average molecular weight is 525 g/mol. The maximum absolute atomic E-state index is 13.8. The molecule has 2 saturated carbocycles. The van der Waals surface area contributed by atoms with Crippen molar-refractivity contribution in [2.24, 2.45) is 31.6 Å². The van der Waals surface area contributed by atoms with Gasteiger partial charge in [-0.1, -0.05) is 44.1 Å². The highest BCUT2D eigenvalue weighted by Gasteiger charge is 2.71. The fraction of sp³-hybridized carbons (Fsp3) is 0.323.